The van der Waals surface area contributed by atoms with E-state index in [4.69, 9.17) is 10.5 Å². The highest BCUT2D eigenvalue weighted by Crippen LogP contribution is 2.31. The van der Waals surface area contributed by atoms with Crippen LogP contribution in [0.1, 0.15) is 11.1 Å². The van der Waals surface area contributed by atoms with Crippen molar-refractivity contribution in [1.29, 1.82) is 0 Å². The van der Waals surface area contributed by atoms with Gasteiger partial charge in [-0.25, -0.2) is 4.39 Å². The van der Waals surface area contributed by atoms with Crippen LogP contribution in [0.3, 0.4) is 0 Å². The number of rotatable bonds is 4. The lowest BCUT2D eigenvalue weighted by Gasteiger charge is -2.10. The van der Waals surface area contributed by atoms with E-state index in [0.29, 0.717) is 18.7 Å². The van der Waals surface area contributed by atoms with Crippen molar-refractivity contribution in [2.75, 3.05) is 6.54 Å². The van der Waals surface area contributed by atoms with E-state index in [9.17, 15) is 4.39 Å². The number of ether oxygens (including phenoxy) is 1. The monoisotopic (exact) mass is 323 g/mol. The van der Waals surface area contributed by atoms with Crippen LogP contribution < -0.4 is 10.5 Å². The van der Waals surface area contributed by atoms with Crippen LogP contribution in [0, 0.1) is 12.7 Å². The quantitative estimate of drug-likeness (QED) is 0.915. The highest BCUT2D eigenvalue weighted by Gasteiger charge is 2.08. The van der Waals surface area contributed by atoms with E-state index in [1.165, 1.54) is 6.07 Å². The predicted molar refractivity (Wildman–Crippen MR) is 78.1 cm³/mol. The molecule has 0 atom stereocenters. The Morgan fingerprint density at radius 3 is 2.53 bits per heavy atom. The van der Waals surface area contributed by atoms with Crippen molar-refractivity contribution in [1.82, 2.24) is 0 Å². The predicted octanol–water partition coefficient (Wildman–Crippen LogP) is 4.19. The Balaban J connectivity index is 2.23. The minimum absolute atomic E-state index is 0.213. The first kappa shape index (κ1) is 14.0. The third kappa shape index (κ3) is 3.55. The van der Waals surface area contributed by atoms with Gasteiger partial charge < -0.3 is 10.5 Å². The SMILES string of the molecule is Cc1ccc(Oc2ccc(CCN)cc2F)c(Br)c1. The van der Waals surface area contributed by atoms with Gasteiger partial charge in [0.1, 0.15) is 5.75 Å². The van der Waals surface area contributed by atoms with Crippen LogP contribution in [0.25, 0.3) is 0 Å². The molecular formula is C15H15BrFNO. The molecule has 19 heavy (non-hydrogen) atoms. The molecule has 0 radical (unpaired) electrons. The Morgan fingerprint density at radius 2 is 1.89 bits per heavy atom. The summed E-state index contributed by atoms with van der Waals surface area (Å²) in [7, 11) is 0. The second-order valence-corrected chi connectivity index (χ2v) is 5.19. The van der Waals surface area contributed by atoms with Crippen molar-refractivity contribution in [2.45, 2.75) is 13.3 Å². The molecule has 2 N–H and O–H groups in total. The number of benzene rings is 2. The van der Waals surface area contributed by atoms with E-state index in [2.05, 4.69) is 15.9 Å². The number of hydrogen-bond acceptors (Lipinski definition) is 2. The Kier molecular flexibility index (Phi) is 4.56. The summed E-state index contributed by atoms with van der Waals surface area (Å²) >= 11 is 3.40. The topological polar surface area (TPSA) is 35.2 Å². The second kappa shape index (κ2) is 6.17. The molecule has 0 amide bonds. The molecule has 0 aliphatic rings. The minimum Gasteiger partial charge on any atom is -0.453 e. The molecule has 4 heteroatoms. The zero-order valence-corrected chi connectivity index (χ0v) is 12.2. The van der Waals surface area contributed by atoms with Crippen LogP contribution in [0.5, 0.6) is 11.5 Å². The maximum absolute atomic E-state index is 13.9. The largest absolute Gasteiger partial charge is 0.453 e. The first-order chi connectivity index (χ1) is 9.10. The zero-order chi connectivity index (χ0) is 13.8. The molecule has 0 bridgehead atoms. The molecule has 0 fully saturated rings. The van der Waals surface area contributed by atoms with Crippen molar-refractivity contribution in [3.63, 3.8) is 0 Å². The van der Waals surface area contributed by atoms with Crippen LogP contribution >= 0.6 is 15.9 Å². The Morgan fingerprint density at radius 1 is 1.16 bits per heavy atom. The molecule has 2 aromatic rings. The average Bonchev–Trinajstić information content (AvgIpc) is 2.36. The van der Waals surface area contributed by atoms with Crippen molar-refractivity contribution >= 4 is 15.9 Å². The number of hydrogen-bond donors (Lipinski definition) is 1. The van der Waals surface area contributed by atoms with Crippen LogP contribution in [0.2, 0.25) is 0 Å². The lowest BCUT2D eigenvalue weighted by Crippen LogP contribution is -2.03. The van der Waals surface area contributed by atoms with Gasteiger partial charge in [0.05, 0.1) is 4.47 Å². The maximum Gasteiger partial charge on any atom is 0.165 e. The minimum atomic E-state index is -0.376. The molecule has 0 spiro atoms. The maximum atomic E-state index is 13.9. The van der Waals surface area contributed by atoms with E-state index in [0.717, 1.165) is 15.6 Å². The van der Waals surface area contributed by atoms with E-state index < -0.39 is 0 Å². The van der Waals surface area contributed by atoms with Gasteiger partial charge in [0.25, 0.3) is 0 Å². The van der Waals surface area contributed by atoms with Crippen molar-refractivity contribution in [2.24, 2.45) is 5.73 Å². The van der Waals surface area contributed by atoms with Crippen molar-refractivity contribution in [3.05, 3.63) is 57.8 Å². The molecule has 0 unspecified atom stereocenters. The summed E-state index contributed by atoms with van der Waals surface area (Å²) in [4.78, 5) is 0. The van der Waals surface area contributed by atoms with Gasteiger partial charge >= 0.3 is 0 Å². The Labute approximate surface area is 120 Å². The molecule has 0 saturated heterocycles. The van der Waals surface area contributed by atoms with Crippen molar-refractivity contribution in [3.8, 4) is 11.5 Å². The van der Waals surface area contributed by atoms with Gasteiger partial charge in [0.2, 0.25) is 0 Å². The molecular weight excluding hydrogens is 309 g/mol. The lowest BCUT2D eigenvalue weighted by molar-refractivity contribution is 0.439. The standard InChI is InChI=1S/C15H15BrFNO/c1-10-2-4-14(12(16)8-10)19-15-5-3-11(6-7-18)9-13(15)17/h2-5,8-9H,6-7,18H2,1H3. The van der Waals surface area contributed by atoms with E-state index in [-0.39, 0.29) is 11.6 Å². The van der Waals surface area contributed by atoms with Gasteiger partial charge in [-0.05, 0) is 71.2 Å². The second-order valence-electron chi connectivity index (χ2n) is 4.34. The molecule has 2 rings (SSSR count). The molecule has 2 nitrogen and oxygen atoms in total. The number of halogens is 2. The summed E-state index contributed by atoms with van der Waals surface area (Å²) in [6.07, 6.45) is 0.658. The van der Waals surface area contributed by atoms with E-state index in [1.54, 1.807) is 6.07 Å². The summed E-state index contributed by atoms with van der Waals surface area (Å²) in [6.45, 7) is 2.49. The first-order valence-electron chi connectivity index (χ1n) is 6.02. The highest BCUT2D eigenvalue weighted by atomic mass is 79.9. The summed E-state index contributed by atoms with van der Waals surface area (Å²) in [5.74, 6) is 0.430. The van der Waals surface area contributed by atoms with Gasteiger partial charge in [0, 0.05) is 0 Å². The average molecular weight is 324 g/mol. The van der Waals surface area contributed by atoms with Gasteiger partial charge in [-0.3, -0.25) is 0 Å². The smallest absolute Gasteiger partial charge is 0.165 e. The normalized spacial score (nSPS) is 10.5. The summed E-state index contributed by atoms with van der Waals surface area (Å²) in [6, 6.07) is 10.6. The van der Waals surface area contributed by atoms with Crippen LogP contribution in [-0.2, 0) is 6.42 Å². The van der Waals surface area contributed by atoms with Gasteiger partial charge in [-0.1, -0.05) is 12.1 Å². The molecule has 0 aliphatic heterocycles. The fraction of sp³-hybridized carbons (Fsp3) is 0.200. The third-order valence-electron chi connectivity index (χ3n) is 2.74. The highest BCUT2D eigenvalue weighted by molar-refractivity contribution is 9.10. The van der Waals surface area contributed by atoms with Crippen LogP contribution in [0.4, 0.5) is 4.39 Å². The molecule has 100 valence electrons. The van der Waals surface area contributed by atoms with Gasteiger partial charge in [-0.2, -0.15) is 0 Å². The molecule has 0 heterocycles. The van der Waals surface area contributed by atoms with Gasteiger partial charge in [0.15, 0.2) is 11.6 Å². The summed E-state index contributed by atoms with van der Waals surface area (Å²) in [5.41, 5.74) is 7.43. The summed E-state index contributed by atoms with van der Waals surface area (Å²) in [5, 5.41) is 0. The fourth-order valence-electron chi connectivity index (χ4n) is 1.76. The first-order valence-corrected chi connectivity index (χ1v) is 6.82. The molecule has 0 aliphatic carbocycles. The number of nitrogens with two attached hydrogens (primary N) is 1. The number of aryl methyl sites for hydroxylation is 1. The molecule has 2 aromatic carbocycles. The van der Waals surface area contributed by atoms with Crippen molar-refractivity contribution < 1.29 is 9.13 Å². The van der Waals surface area contributed by atoms with E-state index >= 15 is 0 Å². The Hall–Kier alpha value is -1.39. The fourth-order valence-corrected chi connectivity index (χ4v) is 2.33. The zero-order valence-electron chi connectivity index (χ0n) is 10.6. The Bertz CT molecular complexity index is 586. The summed E-state index contributed by atoms with van der Waals surface area (Å²) < 4.78 is 20.3. The van der Waals surface area contributed by atoms with Gasteiger partial charge in [-0.15, -0.1) is 0 Å². The third-order valence-corrected chi connectivity index (χ3v) is 3.36. The van der Waals surface area contributed by atoms with E-state index in [1.807, 2.05) is 31.2 Å². The lowest BCUT2D eigenvalue weighted by atomic mass is 10.1. The van der Waals surface area contributed by atoms with Crippen LogP contribution in [0.15, 0.2) is 40.9 Å². The van der Waals surface area contributed by atoms with Crippen LogP contribution in [-0.4, -0.2) is 6.54 Å². The molecule has 0 aromatic heterocycles. The molecule has 0 saturated carbocycles.